The summed E-state index contributed by atoms with van der Waals surface area (Å²) < 4.78 is 18.8. The molecule has 0 spiro atoms. The molecule has 0 saturated heterocycles. The lowest BCUT2D eigenvalue weighted by Gasteiger charge is -2.08. The molecule has 2 rings (SSSR count). The summed E-state index contributed by atoms with van der Waals surface area (Å²) in [5.41, 5.74) is 0.315. The van der Waals surface area contributed by atoms with Crippen molar-refractivity contribution < 1.29 is 23.8 Å². The van der Waals surface area contributed by atoms with E-state index in [0.29, 0.717) is 12.2 Å². The number of carboxylic acid groups (broad SMARTS) is 1. The third-order valence-electron chi connectivity index (χ3n) is 2.95. The van der Waals surface area contributed by atoms with E-state index in [4.69, 9.17) is 9.84 Å². The van der Waals surface area contributed by atoms with Crippen LogP contribution < -0.4 is 10.1 Å². The van der Waals surface area contributed by atoms with E-state index < -0.39 is 17.7 Å². The number of hydrogen-bond acceptors (Lipinski definition) is 4. The van der Waals surface area contributed by atoms with Gasteiger partial charge in [-0.05, 0) is 36.8 Å². The molecule has 0 aliphatic heterocycles. The highest BCUT2D eigenvalue weighted by molar-refractivity contribution is 5.94. The first kappa shape index (κ1) is 16.4. The summed E-state index contributed by atoms with van der Waals surface area (Å²) in [7, 11) is 0. The first-order chi connectivity index (χ1) is 11.0. The summed E-state index contributed by atoms with van der Waals surface area (Å²) in [6.45, 7) is 2.20. The predicted octanol–water partition coefficient (Wildman–Crippen LogP) is 2.25. The van der Waals surface area contributed by atoms with Crippen LogP contribution in [0.2, 0.25) is 0 Å². The summed E-state index contributed by atoms with van der Waals surface area (Å²) >= 11 is 0. The number of carbonyl (C=O) groups excluding carboxylic acids is 1. The van der Waals surface area contributed by atoms with Crippen molar-refractivity contribution in [3.8, 4) is 5.75 Å². The maximum absolute atomic E-state index is 13.7. The monoisotopic (exact) mass is 318 g/mol. The second-order valence-electron chi connectivity index (χ2n) is 4.59. The second kappa shape index (κ2) is 7.35. The van der Waals surface area contributed by atoms with Crippen molar-refractivity contribution in [3.63, 3.8) is 0 Å². The molecule has 0 bridgehead atoms. The van der Waals surface area contributed by atoms with Crippen LogP contribution >= 0.6 is 0 Å². The van der Waals surface area contributed by atoms with Gasteiger partial charge in [-0.1, -0.05) is 12.1 Å². The van der Waals surface area contributed by atoms with Crippen molar-refractivity contribution in [2.24, 2.45) is 0 Å². The number of pyridine rings is 1. The van der Waals surface area contributed by atoms with E-state index in [2.05, 4.69) is 10.3 Å². The fourth-order valence-electron chi connectivity index (χ4n) is 1.88. The number of carboxylic acids is 1. The number of amides is 1. The quantitative estimate of drug-likeness (QED) is 0.853. The normalized spacial score (nSPS) is 10.2. The zero-order chi connectivity index (χ0) is 16.8. The van der Waals surface area contributed by atoms with Gasteiger partial charge in [-0.3, -0.25) is 4.79 Å². The van der Waals surface area contributed by atoms with Gasteiger partial charge in [0, 0.05) is 6.54 Å². The highest BCUT2D eigenvalue weighted by atomic mass is 19.1. The zero-order valence-corrected chi connectivity index (χ0v) is 12.4. The van der Waals surface area contributed by atoms with Crippen molar-refractivity contribution in [1.29, 1.82) is 0 Å². The minimum absolute atomic E-state index is 0.0173. The first-order valence-corrected chi connectivity index (χ1v) is 6.91. The molecule has 0 aliphatic rings. The summed E-state index contributed by atoms with van der Waals surface area (Å²) in [5, 5.41) is 11.4. The van der Waals surface area contributed by atoms with Crippen LogP contribution in [0.15, 0.2) is 36.4 Å². The third-order valence-corrected chi connectivity index (χ3v) is 2.95. The van der Waals surface area contributed by atoms with Gasteiger partial charge >= 0.3 is 5.97 Å². The SMILES string of the molecule is CCOc1ccc(CNC(=O)c2cccc(C(=O)O)n2)cc1F. The Balaban J connectivity index is 2.03. The van der Waals surface area contributed by atoms with Crippen molar-refractivity contribution in [2.45, 2.75) is 13.5 Å². The number of nitrogens with one attached hydrogen (secondary N) is 1. The van der Waals surface area contributed by atoms with E-state index in [-0.39, 0.29) is 23.7 Å². The average molecular weight is 318 g/mol. The molecule has 0 radical (unpaired) electrons. The summed E-state index contributed by atoms with van der Waals surface area (Å²) in [5.74, 6) is -2.11. The Morgan fingerprint density at radius 1 is 1.26 bits per heavy atom. The maximum Gasteiger partial charge on any atom is 0.354 e. The fraction of sp³-hybridized carbons (Fsp3) is 0.188. The van der Waals surface area contributed by atoms with E-state index in [9.17, 15) is 14.0 Å². The molecule has 0 aliphatic carbocycles. The molecule has 0 unspecified atom stereocenters. The Hall–Kier alpha value is -2.96. The van der Waals surface area contributed by atoms with Gasteiger partial charge in [0.15, 0.2) is 11.6 Å². The maximum atomic E-state index is 13.7. The third kappa shape index (κ3) is 4.26. The molecule has 1 aromatic carbocycles. The van der Waals surface area contributed by atoms with Crippen LogP contribution in [0.25, 0.3) is 0 Å². The number of halogens is 1. The Morgan fingerprint density at radius 3 is 2.65 bits per heavy atom. The van der Waals surface area contributed by atoms with Crippen LogP contribution in [0.1, 0.15) is 33.5 Å². The smallest absolute Gasteiger partial charge is 0.354 e. The average Bonchev–Trinajstić information content (AvgIpc) is 2.55. The molecular formula is C16H15FN2O4. The van der Waals surface area contributed by atoms with Crippen LogP contribution in [0, 0.1) is 5.82 Å². The Labute approximate surface area is 131 Å². The number of aromatic carboxylic acids is 1. The predicted molar refractivity (Wildman–Crippen MR) is 79.9 cm³/mol. The molecule has 120 valence electrons. The van der Waals surface area contributed by atoms with Crippen LogP contribution in [-0.2, 0) is 6.54 Å². The first-order valence-electron chi connectivity index (χ1n) is 6.91. The Bertz CT molecular complexity index is 734. The van der Waals surface area contributed by atoms with E-state index >= 15 is 0 Å². The Morgan fingerprint density at radius 2 is 2.00 bits per heavy atom. The van der Waals surface area contributed by atoms with Gasteiger partial charge in [0.25, 0.3) is 5.91 Å². The van der Waals surface area contributed by atoms with Crippen molar-refractivity contribution in [1.82, 2.24) is 10.3 Å². The molecule has 0 atom stereocenters. The van der Waals surface area contributed by atoms with Gasteiger partial charge in [0.05, 0.1) is 6.61 Å². The largest absolute Gasteiger partial charge is 0.491 e. The van der Waals surface area contributed by atoms with E-state index in [0.717, 1.165) is 0 Å². The molecule has 0 fully saturated rings. The van der Waals surface area contributed by atoms with Gasteiger partial charge in [0.2, 0.25) is 0 Å². The van der Waals surface area contributed by atoms with Crippen LogP contribution in [-0.4, -0.2) is 28.6 Å². The summed E-state index contributed by atoms with van der Waals surface area (Å²) in [6.07, 6.45) is 0. The molecule has 7 heteroatoms. The molecule has 2 aromatic rings. The number of hydrogen-bond donors (Lipinski definition) is 2. The molecule has 1 heterocycles. The lowest BCUT2D eigenvalue weighted by Crippen LogP contribution is -2.24. The molecule has 0 saturated carbocycles. The van der Waals surface area contributed by atoms with Gasteiger partial charge in [-0.25, -0.2) is 14.2 Å². The van der Waals surface area contributed by atoms with Gasteiger partial charge < -0.3 is 15.2 Å². The van der Waals surface area contributed by atoms with Crippen molar-refractivity contribution in [2.75, 3.05) is 6.61 Å². The topological polar surface area (TPSA) is 88.5 Å². The zero-order valence-electron chi connectivity index (χ0n) is 12.4. The molecule has 1 amide bonds. The number of rotatable bonds is 6. The Kier molecular flexibility index (Phi) is 5.24. The minimum Gasteiger partial charge on any atom is -0.491 e. The van der Waals surface area contributed by atoms with E-state index in [1.165, 1.54) is 30.3 Å². The van der Waals surface area contributed by atoms with E-state index in [1.54, 1.807) is 13.0 Å². The molecule has 23 heavy (non-hydrogen) atoms. The number of benzene rings is 1. The fourth-order valence-corrected chi connectivity index (χ4v) is 1.88. The van der Waals surface area contributed by atoms with Gasteiger partial charge in [-0.15, -0.1) is 0 Å². The molecule has 1 aromatic heterocycles. The number of nitrogens with zero attached hydrogens (tertiary/aromatic N) is 1. The standard InChI is InChI=1S/C16H15FN2O4/c1-2-23-14-7-6-10(8-11(14)17)9-18-15(20)12-4-3-5-13(19-12)16(21)22/h3-8H,2,9H2,1H3,(H,18,20)(H,21,22). The molecule has 2 N–H and O–H groups in total. The van der Waals surface area contributed by atoms with E-state index in [1.807, 2.05) is 0 Å². The number of aromatic nitrogens is 1. The number of ether oxygens (including phenoxy) is 1. The molecular weight excluding hydrogens is 303 g/mol. The summed E-state index contributed by atoms with van der Waals surface area (Å²) in [6, 6.07) is 8.52. The number of carbonyl (C=O) groups is 2. The van der Waals surface area contributed by atoms with Gasteiger partial charge in [-0.2, -0.15) is 0 Å². The highest BCUT2D eigenvalue weighted by Gasteiger charge is 2.11. The molecule has 6 nitrogen and oxygen atoms in total. The minimum atomic E-state index is -1.21. The lowest BCUT2D eigenvalue weighted by atomic mass is 10.2. The van der Waals surface area contributed by atoms with Crippen LogP contribution in [0.4, 0.5) is 4.39 Å². The summed E-state index contributed by atoms with van der Waals surface area (Å²) in [4.78, 5) is 26.5. The highest BCUT2D eigenvalue weighted by Crippen LogP contribution is 2.18. The van der Waals surface area contributed by atoms with Crippen LogP contribution in [0.3, 0.4) is 0 Å². The second-order valence-corrected chi connectivity index (χ2v) is 4.59. The lowest BCUT2D eigenvalue weighted by molar-refractivity contribution is 0.0690. The van der Waals surface area contributed by atoms with Crippen molar-refractivity contribution >= 4 is 11.9 Å². The van der Waals surface area contributed by atoms with Crippen LogP contribution in [0.5, 0.6) is 5.75 Å². The van der Waals surface area contributed by atoms with Crippen molar-refractivity contribution in [3.05, 3.63) is 59.2 Å². The van der Waals surface area contributed by atoms with Gasteiger partial charge in [0.1, 0.15) is 11.4 Å².